The molecular formula is C20H22F2N2O4S. The molecule has 29 heavy (non-hydrogen) atoms. The van der Waals surface area contributed by atoms with Gasteiger partial charge in [0.15, 0.2) is 0 Å². The molecule has 9 heteroatoms. The van der Waals surface area contributed by atoms with E-state index in [1.54, 1.807) is 19.1 Å². The number of hydrogen-bond acceptors (Lipinski definition) is 4. The molecular weight excluding hydrogens is 402 g/mol. The summed E-state index contributed by atoms with van der Waals surface area (Å²) in [6.45, 7) is 2.09. The van der Waals surface area contributed by atoms with E-state index in [0.29, 0.717) is 11.3 Å². The lowest BCUT2D eigenvalue weighted by molar-refractivity contribution is -0.120. The van der Waals surface area contributed by atoms with Crippen LogP contribution in [0.3, 0.4) is 0 Å². The van der Waals surface area contributed by atoms with E-state index in [1.165, 1.54) is 17.5 Å². The molecule has 2 aromatic carbocycles. The number of piperidine rings is 1. The second-order valence-electron chi connectivity index (χ2n) is 6.92. The van der Waals surface area contributed by atoms with Crippen molar-refractivity contribution in [2.75, 3.05) is 25.5 Å². The highest BCUT2D eigenvalue weighted by molar-refractivity contribution is 7.89. The summed E-state index contributed by atoms with van der Waals surface area (Å²) in [5.74, 6) is -1.72. The van der Waals surface area contributed by atoms with E-state index < -0.39 is 33.5 Å². The van der Waals surface area contributed by atoms with Crippen molar-refractivity contribution in [3.8, 4) is 5.75 Å². The SMILES string of the molecule is COc1ccc(S(=O)(=O)N2CCC(C(=O)Nc3cc(F)ccc3F)CC2)cc1C. The number of benzene rings is 2. The number of sulfonamides is 1. The fourth-order valence-electron chi connectivity index (χ4n) is 3.35. The zero-order valence-electron chi connectivity index (χ0n) is 16.1. The first-order valence-electron chi connectivity index (χ1n) is 9.13. The normalized spacial score (nSPS) is 15.9. The van der Waals surface area contributed by atoms with Crippen LogP contribution in [0.5, 0.6) is 5.75 Å². The molecule has 0 saturated carbocycles. The molecule has 0 aliphatic carbocycles. The van der Waals surface area contributed by atoms with Gasteiger partial charge in [0.1, 0.15) is 17.4 Å². The summed E-state index contributed by atoms with van der Waals surface area (Å²) in [6.07, 6.45) is 0.578. The first kappa shape index (κ1) is 21.2. The van der Waals surface area contributed by atoms with Gasteiger partial charge in [-0.2, -0.15) is 4.31 Å². The molecule has 1 heterocycles. The molecule has 0 aromatic heterocycles. The number of amides is 1. The van der Waals surface area contributed by atoms with Crippen molar-refractivity contribution in [2.45, 2.75) is 24.7 Å². The van der Waals surface area contributed by atoms with Crippen LogP contribution in [0.25, 0.3) is 0 Å². The Morgan fingerprint density at radius 2 is 1.83 bits per heavy atom. The number of halogens is 2. The van der Waals surface area contributed by atoms with Gasteiger partial charge in [0.05, 0.1) is 17.7 Å². The zero-order chi connectivity index (χ0) is 21.2. The van der Waals surface area contributed by atoms with Gasteiger partial charge in [-0.1, -0.05) is 0 Å². The molecule has 156 valence electrons. The van der Waals surface area contributed by atoms with Crippen LogP contribution in [-0.4, -0.2) is 38.8 Å². The van der Waals surface area contributed by atoms with E-state index in [1.807, 2.05) is 0 Å². The molecule has 0 unspecified atom stereocenters. The Morgan fingerprint density at radius 1 is 1.14 bits per heavy atom. The third kappa shape index (κ3) is 4.56. The van der Waals surface area contributed by atoms with E-state index in [9.17, 15) is 22.0 Å². The highest BCUT2D eigenvalue weighted by atomic mass is 32.2. The highest BCUT2D eigenvalue weighted by Crippen LogP contribution is 2.28. The predicted octanol–water partition coefficient (Wildman–Crippen LogP) is 3.32. The number of ether oxygens (including phenoxy) is 1. The summed E-state index contributed by atoms with van der Waals surface area (Å²) in [7, 11) is -2.18. The maximum absolute atomic E-state index is 13.7. The van der Waals surface area contributed by atoms with Crippen LogP contribution in [0.15, 0.2) is 41.3 Å². The summed E-state index contributed by atoms with van der Waals surface area (Å²) in [6, 6.07) is 7.48. The molecule has 2 aromatic rings. The third-order valence-corrected chi connectivity index (χ3v) is 6.91. The Hall–Kier alpha value is -2.52. The number of hydrogen-bond donors (Lipinski definition) is 1. The molecule has 1 saturated heterocycles. The fourth-order valence-corrected chi connectivity index (χ4v) is 4.90. The lowest BCUT2D eigenvalue weighted by Gasteiger charge is -2.30. The van der Waals surface area contributed by atoms with Gasteiger partial charge < -0.3 is 10.1 Å². The van der Waals surface area contributed by atoms with Crippen molar-refractivity contribution >= 4 is 21.6 Å². The van der Waals surface area contributed by atoms with Crippen molar-refractivity contribution < 1.29 is 26.7 Å². The van der Waals surface area contributed by atoms with E-state index in [2.05, 4.69) is 5.32 Å². The Labute approximate surface area is 168 Å². The summed E-state index contributed by atoms with van der Waals surface area (Å²) < 4.78 is 59.2. The minimum absolute atomic E-state index is 0.164. The Kier molecular flexibility index (Phi) is 6.18. The standard InChI is InChI=1S/C20H22F2N2O4S/c1-13-11-16(4-6-19(13)28-2)29(26,27)24-9-7-14(8-10-24)20(25)23-18-12-15(21)3-5-17(18)22/h3-6,11-12,14H,7-10H2,1-2H3,(H,23,25). The van der Waals surface area contributed by atoms with Crippen LogP contribution < -0.4 is 10.1 Å². The van der Waals surface area contributed by atoms with Crippen LogP contribution in [0.2, 0.25) is 0 Å². The van der Waals surface area contributed by atoms with Crippen LogP contribution in [0.4, 0.5) is 14.5 Å². The third-order valence-electron chi connectivity index (χ3n) is 5.02. The smallest absolute Gasteiger partial charge is 0.243 e. The van der Waals surface area contributed by atoms with Gasteiger partial charge >= 0.3 is 0 Å². The number of carbonyl (C=O) groups excluding carboxylic acids is 1. The predicted molar refractivity (Wildman–Crippen MR) is 104 cm³/mol. The van der Waals surface area contributed by atoms with E-state index >= 15 is 0 Å². The molecule has 1 fully saturated rings. The van der Waals surface area contributed by atoms with Crippen molar-refractivity contribution in [1.82, 2.24) is 4.31 Å². The average Bonchev–Trinajstić information content (AvgIpc) is 2.70. The number of rotatable bonds is 5. The topological polar surface area (TPSA) is 75.7 Å². The first-order valence-corrected chi connectivity index (χ1v) is 10.6. The van der Waals surface area contributed by atoms with Gasteiger partial charge in [-0.15, -0.1) is 0 Å². The van der Waals surface area contributed by atoms with Crippen LogP contribution in [0, 0.1) is 24.5 Å². The number of nitrogens with one attached hydrogen (secondary N) is 1. The lowest BCUT2D eigenvalue weighted by atomic mass is 9.97. The van der Waals surface area contributed by atoms with E-state index in [0.717, 1.165) is 18.2 Å². The summed E-state index contributed by atoms with van der Waals surface area (Å²) >= 11 is 0. The van der Waals surface area contributed by atoms with Crippen molar-refractivity contribution in [2.24, 2.45) is 5.92 Å². The van der Waals surface area contributed by atoms with Gasteiger partial charge in [0.25, 0.3) is 0 Å². The maximum atomic E-state index is 13.7. The summed E-state index contributed by atoms with van der Waals surface area (Å²) in [4.78, 5) is 12.6. The van der Waals surface area contributed by atoms with Crippen molar-refractivity contribution in [3.05, 3.63) is 53.6 Å². The van der Waals surface area contributed by atoms with Crippen molar-refractivity contribution in [1.29, 1.82) is 0 Å². The number of nitrogens with zero attached hydrogens (tertiary/aromatic N) is 1. The number of anilines is 1. The minimum Gasteiger partial charge on any atom is -0.496 e. The fraction of sp³-hybridized carbons (Fsp3) is 0.350. The maximum Gasteiger partial charge on any atom is 0.243 e. The number of aryl methyl sites for hydroxylation is 1. The van der Waals surface area contributed by atoms with Gasteiger partial charge in [0.2, 0.25) is 15.9 Å². The molecule has 0 radical (unpaired) electrons. The highest BCUT2D eigenvalue weighted by Gasteiger charge is 2.32. The molecule has 3 rings (SSSR count). The molecule has 0 atom stereocenters. The Bertz CT molecular complexity index is 1020. The van der Waals surface area contributed by atoms with Gasteiger partial charge in [-0.05, 0) is 55.7 Å². The Morgan fingerprint density at radius 3 is 2.45 bits per heavy atom. The monoisotopic (exact) mass is 424 g/mol. The van der Waals surface area contributed by atoms with Crippen molar-refractivity contribution in [3.63, 3.8) is 0 Å². The number of carbonyl (C=O) groups is 1. The average molecular weight is 424 g/mol. The van der Waals surface area contributed by atoms with Gasteiger partial charge in [-0.25, -0.2) is 17.2 Å². The largest absolute Gasteiger partial charge is 0.496 e. The lowest BCUT2D eigenvalue weighted by Crippen LogP contribution is -2.41. The van der Waals surface area contributed by atoms with Crippen LogP contribution >= 0.6 is 0 Å². The van der Waals surface area contributed by atoms with Crippen LogP contribution in [0.1, 0.15) is 18.4 Å². The quantitative estimate of drug-likeness (QED) is 0.799. The molecule has 0 bridgehead atoms. The van der Waals surface area contributed by atoms with Crippen LogP contribution in [-0.2, 0) is 14.8 Å². The molecule has 0 spiro atoms. The first-order chi connectivity index (χ1) is 13.7. The number of methoxy groups -OCH3 is 1. The van der Waals surface area contributed by atoms with Gasteiger partial charge in [-0.3, -0.25) is 4.79 Å². The molecule has 1 amide bonds. The molecule has 1 N–H and O–H groups in total. The second-order valence-corrected chi connectivity index (χ2v) is 8.86. The summed E-state index contributed by atoms with van der Waals surface area (Å²) in [5, 5.41) is 2.39. The minimum atomic E-state index is -3.69. The molecule has 6 nitrogen and oxygen atoms in total. The zero-order valence-corrected chi connectivity index (χ0v) is 16.9. The Balaban J connectivity index is 1.65. The van der Waals surface area contributed by atoms with Gasteiger partial charge in [0, 0.05) is 25.1 Å². The second kappa shape index (κ2) is 8.46. The molecule has 1 aliphatic heterocycles. The molecule has 1 aliphatic rings. The summed E-state index contributed by atoms with van der Waals surface area (Å²) in [5.41, 5.74) is 0.485. The van der Waals surface area contributed by atoms with E-state index in [-0.39, 0.29) is 36.5 Å². The van der Waals surface area contributed by atoms with E-state index in [4.69, 9.17) is 4.74 Å².